The molecule has 6 rings (SSSR count). The highest BCUT2D eigenvalue weighted by Crippen LogP contribution is 2.39. The number of hydrogen-bond donors (Lipinski definition) is 2. The topological polar surface area (TPSA) is 109 Å². The maximum absolute atomic E-state index is 13.5. The van der Waals surface area contributed by atoms with Crippen molar-refractivity contribution < 1.29 is 22.7 Å². The molecule has 10 heteroatoms. The Morgan fingerprint density at radius 2 is 1.91 bits per heavy atom. The van der Waals surface area contributed by atoms with Crippen LogP contribution in [-0.2, 0) is 32.4 Å². The van der Waals surface area contributed by atoms with Crippen molar-refractivity contribution in [3.63, 3.8) is 0 Å². The SMILES string of the molecule is O=C1Nc2ccc(S(=O)(=O)N3CCc4cc(Br)ccc43)cc2C1=Cc1[nH]cc2c1CCOC2=O. The van der Waals surface area contributed by atoms with E-state index in [0.717, 1.165) is 15.6 Å². The molecule has 0 saturated carbocycles. The Balaban J connectivity index is 1.41. The summed E-state index contributed by atoms with van der Waals surface area (Å²) in [6, 6.07) is 10.2. The Labute approximate surface area is 203 Å². The minimum Gasteiger partial charge on any atom is -0.462 e. The number of sulfonamides is 1. The lowest BCUT2D eigenvalue weighted by atomic mass is 10.0. The second kappa shape index (κ2) is 7.57. The van der Waals surface area contributed by atoms with Crippen molar-refractivity contribution in [1.29, 1.82) is 0 Å². The fraction of sp³-hybridized carbons (Fsp3) is 0.167. The second-order valence-electron chi connectivity index (χ2n) is 8.30. The van der Waals surface area contributed by atoms with Gasteiger partial charge in [0.25, 0.3) is 15.9 Å². The molecule has 0 radical (unpaired) electrons. The Morgan fingerprint density at radius 3 is 2.76 bits per heavy atom. The molecule has 4 heterocycles. The predicted molar refractivity (Wildman–Crippen MR) is 130 cm³/mol. The number of fused-ring (bicyclic) bond motifs is 3. The van der Waals surface area contributed by atoms with E-state index in [1.165, 1.54) is 16.4 Å². The maximum atomic E-state index is 13.5. The van der Waals surface area contributed by atoms with Crippen molar-refractivity contribution >= 4 is 60.9 Å². The number of cyclic esters (lactones) is 1. The number of carbonyl (C=O) groups is 2. The molecule has 3 aromatic rings. The maximum Gasteiger partial charge on any atom is 0.339 e. The number of nitrogens with zero attached hydrogens (tertiary/aromatic N) is 1. The molecule has 3 aliphatic rings. The molecule has 1 aromatic heterocycles. The number of ether oxygens (including phenoxy) is 1. The van der Waals surface area contributed by atoms with Gasteiger partial charge < -0.3 is 15.0 Å². The highest BCUT2D eigenvalue weighted by Gasteiger charge is 2.33. The van der Waals surface area contributed by atoms with Crippen LogP contribution in [0, 0.1) is 0 Å². The number of aromatic amines is 1. The zero-order valence-electron chi connectivity index (χ0n) is 17.7. The molecule has 34 heavy (non-hydrogen) atoms. The Morgan fingerprint density at radius 1 is 1.06 bits per heavy atom. The predicted octanol–water partition coefficient (Wildman–Crippen LogP) is 3.73. The van der Waals surface area contributed by atoms with Gasteiger partial charge in [-0.1, -0.05) is 15.9 Å². The molecule has 0 bridgehead atoms. The Hall–Kier alpha value is -3.37. The van der Waals surface area contributed by atoms with Gasteiger partial charge in [0.15, 0.2) is 0 Å². The minimum absolute atomic E-state index is 0.113. The number of hydrogen-bond acceptors (Lipinski definition) is 5. The smallest absolute Gasteiger partial charge is 0.339 e. The van der Waals surface area contributed by atoms with E-state index in [1.54, 1.807) is 24.4 Å². The van der Waals surface area contributed by atoms with E-state index in [2.05, 4.69) is 26.2 Å². The summed E-state index contributed by atoms with van der Waals surface area (Å²) in [6.45, 7) is 0.634. The van der Waals surface area contributed by atoms with Crippen molar-refractivity contribution in [3.8, 4) is 0 Å². The highest BCUT2D eigenvalue weighted by atomic mass is 79.9. The number of rotatable bonds is 3. The number of anilines is 2. The largest absolute Gasteiger partial charge is 0.462 e. The number of benzene rings is 2. The van der Waals surface area contributed by atoms with E-state index in [4.69, 9.17) is 4.74 Å². The number of halogens is 1. The van der Waals surface area contributed by atoms with Gasteiger partial charge >= 0.3 is 5.97 Å². The van der Waals surface area contributed by atoms with Gasteiger partial charge in [-0.15, -0.1) is 0 Å². The van der Waals surface area contributed by atoms with Gasteiger partial charge in [0.05, 0.1) is 28.3 Å². The first-order valence-electron chi connectivity index (χ1n) is 10.7. The van der Waals surface area contributed by atoms with Gasteiger partial charge in [0.2, 0.25) is 0 Å². The summed E-state index contributed by atoms with van der Waals surface area (Å²) in [5.74, 6) is -0.729. The van der Waals surface area contributed by atoms with Crippen LogP contribution in [0.2, 0.25) is 0 Å². The highest BCUT2D eigenvalue weighted by molar-refractivity contribution is 9.10. The molecule has 0 unspecified atom stereocenters. The van der Waals surface area contributed by atoms with E-state index in [-0.39, 0.29) is 17.4 Å². The summed E-state index contributed by atoms with van der Waals surface area (Å²) in [5.41, 5.74) is 4.88. The van der Waals surface area contributed by atoms with Gasteiger partial charge in [-0.2, -0.15) is 0 Å². The molecule has 172 valence electrons. The van der Waals surface area contributed by atoms with Crippen LogP contribution < -0.4 is 9.62 Å². The van der Waals surface area contributed by atoms with Crippen LogP contribution in [-0.4, -0.2) is 38.4 Å². The molecule has 3 aliphatic heterocycles. The number of carbonyl (C=O) groups excluding carboxylic acids is 2. The van der Waals surface area contributed by atoms with Gasteiger partial charge in [-0.3, -0.25) is 9.10 Å². The van der Waals surface area contributed by atoms with Crippen LogP contribution in [0.15, 0.2) is 52.0 Å². The molecule has 0 atom stereocenters. The average Bonchev–Trinajstić information content (AvgIpc) is 3.50. The van der Waals surface area contributed by atoms with Gasteiger partial charge in [0.1, 0.15) is 0 Å². The molecular formula is C24H18BrN3O5S. The van der Waals surface area contributed by atoms with E-state index in [0.29, 0.717) is 53.2 Å². The lowest BCUT2D eigenvalue weighted by Gasteiger charge is -2.20. The normalized spacial score (nSPS) is 17.9. The number of aromatic nitrogens is 1. The minimum atomic E-state index is -3.83. The monoisotopic (exact) mass is 539 g/mol. The van der Waals surface area contributed by atoms with Crippen LogP contribution in [0.25, 0.3) is 11.6 Å². The van der Waals surface area contributed by atoms with Crippen molar-refractivity contribution in [2.24, 2.45) is 0 Å². The van der Waals surface area contributed by atoms with Gasteiger partial charge in [-0.05, 0) is 60.0 Å². The van der Waals surface area contributed by atoms with Crippen LogP contribution >= 0.6 is 15.9 Å². The van der Waals surface area contributed by atoms with Crippen LogP contribution in [0.5, 0.6) is 0 Å². The quantitative estimate of drug-likeness (QED) is 0.389. The summed E-state index contributed by atoms with van der Waals surface area (Å²) < 4.78 is 34.5. The van der Waals surface area contributed by atoms with Crippen molar-refractivity contribution in [3.05, 3.63) is 75.0 Å². The second-order valence-corrected chi connectivity index (χ2v) is 11.1. The average molecular weight is 540 g/mol. The van der Waals surface area contributed by atoms with Gasteiger partial charge in [-0.25, -0.2) is 13.2 Å². The van der Waals surface area contributed by atoms with E-state index < -0.39 is 16.0 Å². The zero-order valence-corrected chi connectivity index (χ0v) is 20.1. The fourth-order valence-electron chi connectivity index (χ4n) is 4.71. The van der Waals surface area contributed by atoms with Gasteiger partial charge in [0, 0.05) is 40.6 Å². The number of H-pyrrole nitrogens is 1. The first-order valence-corrected chi connectivity index (χ1v) is 12.9. The molecule has 0 aliphatic carbocycles. The third-order valence-corrected chi connectivity index (χ3v) is 8.67. The number of nitrogens with one attached hydrogen (secondary N) is 2. The lowest BCUT2D eigenvalue weighted by molar-refractivity contribution is -0.110. The third kappa shape index (κ3) is 3.20. The van der Waals surface area contributed by atoms with Crippen LogP contribution in [0.3, 0.4) is 0 Å². The molecular weight excluding hydrogens is 522 g/mol. The van der Waals surface area contributed by atoms with Crippen molar-refractivity contribution in [2.75, 3.05) is 22.8 Å². The Kier molecular flexibility index (Phi) is 4.72. The van der Waals surface area contributed by atoms with E-state index in [1.807, 2.05) is 12.1 Å². The fourth-order valence-corrected chi connectivity index (χ4v) is 6.64. The summed E-state index contributed by atoms with van der Waals surface area (Å²) in [5, 5.41) is 2.79. The first kappa shape index (κ1) is 21.2. The molecule has 2 aromatic carbocycles. The zero-order chi connectivity index (χ0) is 23.6. The van der Waals surface area contributed by atoms with Crippen LogP contribution in [0.4, 0.5) is 11.4 Å². The van der Waals surface area contributed by atoms with Crippen molar-refractivity contribution in [2.45, 2.75) is 17.7 Å². The summed E-state index contributed by atoms with van der Waals surface area (Å²) in [6.07, 6.45) is 4.40. The molecule has 8 nitrogen and oxygen atoms in total. The number of esters is 1. The summed E-state index contributed by atoms with van der Waals surface area (Å²) >= 11 is 3.44. The third-order valence-electron chi connectivity index (χ3n) is 6.37. The lowest BCUT2D eigenvalue weighted by Crippen LogP contribution is -2.29. The Bertz CT molecular complexity index is 1540. The first-order chi connectivity index (χ1) is 16.3. The van der Waals surface area contributed by atoms with Crippen molar-refractivity contribution in [1.82, 2.24) is 4.98 Å². The van der Waals surface area contributed by atoms with E-state index in [9.17, 15) is 18.0 Å². The van der Waals surface area contributed by atoms with Crippen LogP contribution in [0.1, 0.15) is 32.7 Å². The molecule has 1 amide bonds. The summed E-state index contributed by atoms with van der Waals surface area (Å²) in [4.78, 5) is 27.9. The molecule has 0 saturated heterocycles. The molecule has 0 fully saturated rings. The van der Waals surface area contributed by atoms with E-state index >= 15 is 0 Å². The summed E-state index contributed by atoms with van der Waals surface area (Å²) in [7, 11) is -3.83. The molecule has 0 spiro atoms. The standard InChI is InChI=1S/C24H18BrN3O5S/c25-14-1-4-22-13(9-14)5-7-28(22)34(31,32)15-2-3-20-17(10-15)18(23(29)27-20)11-21-16-6-8-33-24(30)19(16)12-26-21/h1-4,9-12,26H,5-8H2,(H,27,29). The molecule has 2 N–H and O–H groups in total. The number of amides is 1.